The number of hydrogen-bond acceptors (Lipinski definition) is 3. The zero-order valence-corrected chi connectivity index (χ0v) is 12.8. The highest BCUT2D eigenvalue weighted by Gasteiger charge is 2.24. The predicted molar refractivity (Wildman–Crippen MR) is 82.1 cm³/mol. The smallest absolute Gasteiger partial charge is 0.00445 e. The Balaban J connectivity index is 1.63. The number of hydrogen-bond donors (Lipinski definition) is 1. The molecule has 0 unspecified atom stereocenters. The summed E-state index contributed by atoms with van der Waals surface area (Å²) in [5, 5.41) is 0.955. The fraction of sp³-hybridized carbons (Fsp3) is 1.00. The van der Waals surface area contributed by atoms with E-state index in [4.69, 9.17) is 5.73 Å². The molecule has 106 valence electrons. The summed E-state index contributed by atoms with van der Waals surface area (Å²) >= 11 is 2.07. The molecule has 2 aliphatic rings. The number of thioether (sulfide) groups is 1. The van der Waals surface area contributed by atoms with Gasteiger partial charge in [0.15, 0.2) is 0 Å². The van der Waals surface area contributed by atoms with E-state index >= 15 is 0 Å². The van der Waals surface area contributed by atoms with Crippen molar-refractivity contribution in [3.8, 4) is 0 Å². The van der Waals surface area contributed by atoms with Crippen molar-refractivity contribution in [2.45, 2.75) is 50.2 Å². The van der Waals surface area contributed by atoms with Gasteiger partial charge in [-0.05, 0) is 82.7 Å². The second kappa shape index (κ2) is 7.76. The van der Waals surface area contributed by atoms with Crippen LogP contribution in [0.5, 0.6) is 0 Å². The first-order valence-electron chi connectivity index (χ1n) is 7.77. The van der Waals surface area contributed by atoms with Gasteiger partial charge in [-0.25, -0.2) is 0 Å². The van der Waals surface area contributed by atoms with Gasteiger partial charge < -0.3 is 10.6 Å². The molecule has 0 spiro atoms. The molecular formula is C15H30N2S. The van der Waals surface area contributed by atoms with E-state index < -0.39 is 0 Å². The van der Waals surface area contributed by atoms with E-state index in [0.29, 0.717) is 0 Å². The summed E-state index contributed by atoms with van der Waals surface area (Å²) in [4.78, 5) is 2.72. The summed E-state index contributed by atoms with van der Waals surface area (Å²) in [6.07, 6.45) is 12.1. The molecule has 0 radical (unpaired) electrons. The van der Waals surface area contributed by atoms with Crippen LogP contribution in [-0.4, -0.2) is 42.6 Å². The van der Waals surface area contributed by atoms with Gasteiger partial charge in [0.2, 0.25) is 0 Å². The number of likely N-dealkylation sites (tertiary alicyclic amines) is 1. The lowest BCUT2D eigenvalue weighted by molar-refractivity contribution is 0.144. The lowest BCUT2D eigenvalue weighted by Gasteiger charge is -2.36. The van der Waals surface area contributed by atoms with Crippen LogP contribution in [0.4, 0.5) is 0 Å². The van der Waals surface area contributed by atoms with E-state index in [2.05, 4.69) is 22.9 Å². The number of nitrogens with two attached hydrogens (primary N) is 1. The third-order valence-electron chi connectivity index (χ3n) is 4.93. The van der Waals surface area contributed by atoms with Gasteiger partial charge in [0.1, 0.15) is 0 Å². The standard InChI is InChI=1S/C15H30N2S/c1-18-15-4-2-14(3-5-15)12-17-10-7-13(6-9-16)8-11-17/h13-15H,2-12,16H2,1H3. The molecule has 0 bridgehead atoms. The minimum absolute atomic E-state index is 0.878. The normalized spacial score (nSPS) is 31.7. The molecule has 2 fully saturated rings. The Hall–Kier alpha value is 0.270. The highest BCUT2D eigenvalue weighted by atomic mass is 32.2. The quantitative estimate of drug-likeness (QED) is 0.833. The first-order valence-corrected chi connectivity index (χ1v) is 9.05. The van der Waals surface area contributed by atoms with Crippen LogP contribution >= 0.6 is 11.8 Å². The summed E-state index contributed by atoms with van der Waals surface area (Å²) < 4.78 is 0. The molecule has 3 heteroatoms. The Morgan fingerprint density at radius 2 is 1.67 bits per heavy atom. The van der Waals surface area contributed by atoms with E-state index in [1.165, 1.54) is 64.6 Å². The van der Waals surface area contributed by atoms with E-state index in [9.17, 15) is 0 Å². The highest BCUT2D eigenvalue weighted by molar-refractivity contribution is 7.99. The minimum atomic E-state index is 0.878. The second-order valence-electron chi connectivity index (χ2n) is 6.20. The first-order chi connectivity index (χ1) is 8.81. The Kier molecular flexibility index (Phi) is 6.33. The molecule has 0 aromatic heterocycles. The molecular weight excluding hydrogens is 240 g/mol. The molecule has 2 rings (SSSR count). The maximum atomic E-state index is 5.65. The summed E-state index contributed by atoms with van der Waals surface area (Å²) in [5.74, 6) is 1.90. The van der Waals surface area contributed by atoms with E-state index in [1.807, 2.05) is 0 Å². The molecule has 0 aromatic carbocycles. The first kappa shape index (κ1) is 14.7. The summed E-state index contributed by atoms with van der Waals surface area (Å²) in [6, 6.07) is 0. The zero-order valence-electron chi connectivity index (χ0n) is 11.9. The van der Waals surface area contributed by atoms with Crippen molar-refractivity contribution in [1.82, 2.24) is 4.90 Å². The molecule has 1 aliphatic carbocycles. The van der Waals surface area contributed by atoms with Gasteiger partial charge >= 0.3 is 0 Å². The van der Waals surface area contributed by atoms with Crippen molar-refractivity contribution in [2.24, 2.45) is 17.6 Å². The van der Waals surface area contributed by atoms with Gasteiger partial charge in [-0.3, -0.25) is 0 Å². The van der Waals surface area contributed by atoms with Crippen LogP contribution in [0.15, 0.2) is 0 Å². The molecule has 0 atom stereocenters. The lowest BCUT2D eigenvalue weighted by Crippen LogP contribution is -2.38. The fourth-order valence-electron chi connectivity index (χ4n) is 3.61. The average molecular weight is 270 g/mol. The SMILES string of the molecule is CSC1CCC(CN2CCC(CCN)CC2)CC1. The maximum absolute atomic E-state index is 5.65. The Bertz CT molecular complexity index is 219. The third kappa shape index (κ3) is 4.43. The molecule has 18 heavy (non-hydrogen) atoms. The van der Waals surface area contributed by atoms with Gasteiger partial charge in [0.25, 0.3) is 0 Å². The summed E-state index contributed by atoms with van der Waals surface area (Å²) in [6.45, 7) is 4.90. The molecule has 0 aromatic rings. The molecule has 0 amide bonds. The molecule has 1 heterocycles. The van der Waals surface area contributed by atoms with Crippen molar-refractivity contribution in [3.63, 3.8) is 0 Å². The average Bonchev–Trinajstić information content (AvgIpc) is 2.42. The Labute approximate surface area is 117 Å². The van der Waals surface area contributed by atoms with Crippen molar-refractivity contribution in [3.05, 3.63) is 0 Å². The largest absolute Gasteiger partial charge is 0.330 e. The minimum Gasteiger partial charge on any atom is -0.330 e. The van der Waals surface area contributed by atoms with Crippen molar-refractivity contribution in [1.29, 1.82) is 0 Å². The van der Waals surface area contributed by atoms with Crippen LogP contribution in [0.3, 0.4) is 0 Å². The van der Waals surface area contributed by atoms with Crippen LogP contribution in [0.1, 0.15) is 44.9 Å². The van der Waals surface area contributed by atoms with E-state index in [1.54, 1.807) is 0 Å². The fourth-order valence-corrected chi connectivity index (χ4v) is 4.35. The number of piperidine rings is 1. The number of nitrogens with zero attached hydrogens (tertiary/aromatic N) is 1. The van der Waals surface area contributed by atoms with Crippen molar-refractivity contribution < 1.29 is 0 Å². The predicted octanol–water partition coefficient (Wildman–Crippen LogP) is 2.97. The molecule has 1 saturated heterocycles. The summed E-state index contributed by atoms with van der Waals surface area (Å²) in [5.41, 5.74) is 5.65. The summed E-state index contributed by atoms with van der Waals surface area (Å²) in [7, 11) is 0. The zero-order chi connectivity index (χ0) is 12.8. The third-order valence-corrected chi connectivity index (χ3v) is 6.06. The van der Waals surface area contributed by atoms with Crippen LogP contribution in [-0.2, 0) is 0 Å². The van der Waals surface area contributed by atoms with Gasteiger partial charge in [-0.1, -0.05) is 0 Å². The Morgan fingerprint density at radius 3 is 2.22 bits per heavy atom. The van der Waals surface area contributed by atoms with Crippen molar-refractivity contribution >= 4 is 11.8 Å². The van der Waals surface area contributed by atoms with Gasteiger partial charge in [-0.2, -0.15) is 11.8 Å². The second-order valence-corrected chi connectivity index (χ2v) is 7.34. The van der Waals surface area contributed by atoms with Gasteiger partial charge in [0, 0.05) is 11.8 Å². The molecule has 2 N–H and O–H groups in total. The lowest BCUT2D eigenvalue weighted by atomic mass is 9.87. The topological polar surface area (TPSA) is 29.3 Å². The number of rotatable bonds is 5. The monoisotopic (exact) mass is 270 g/mol. The van der Waals surface area contributed by atoms with Crippen LogP contribution in [0, 0.1) is 11.8 Å². The molecule has 1 aliphatic heterocycles. The maximum Gasteiger partial charge on any atom is 0.00445 e. The Morgan fingerprint density at radius 1 is 1.00 bits per heavy atom. The molecule has 1 saturated carbocycles. The van der Waals surface area contributed by atoms with Gasteiger partial charge in [-0.15, -0.1) is 0 Å². The van der Waals surface area contributed by atoms with Crippen LogP contribution < -0.4 is 5.73 Å². The van der Waals surface area contributed by atoms with Crippen LogP contribution in [0.2, 0.25) is 0 Å². The van der Waals surface area contributed by atoms with Gasteiger partial charge in [0.05, 0.1) is 0 Å². The molecule has 2 nitrogen and oxygen atoms in total. The van der Waals surface area contributed by atoms with E-state index in [-0.39, 0.29) is 0 Å². The van der Waals surface area contributed by atoms with Crippen LogP contribution in [0.25, 0.3) is 0 Å². The highest BCUT2D eigenvalue weighted by Crippen LogP contribution is 2.32. The van der Waals surface area contributed by atoms with Crippen molar-refractivity contribution in [2.75, 3.05) is 32.4 Å². The van der Waals surface area contributed by atoms with E-state index in [0.717, 1.165) is 23.6 Å².